The highest BCUT2D eigenvalue weighted by Crippen LogP contribution is 2.21. The van der Waals surface area contributed by atoms with Gasteiger partial charge in [-0.1, -0.05) is 0 Å². The molecule has 0 saturated heterocycles. The van der Waals surface area contributed by atoms with Gasteiger partial charge in [-0.25, -0.2) is 9.18 Å². The molecule has 0 atom stereocenters. The Balaban J connectivity index is 2.82. The number of rotatable bonds is 7. The van der Waals surface area contributed by atoms with Crippen LogP contribution in [-0.4, -0.2) is 55.9 Å². The van der Waals surface area contributed by atoms with Crippen LogP contribution in [0.3, 0.4) is 0 Å². The lowest BCUT2D eigenvalue weighted by Crippen LogP contribution is -2.40. The van der Waals surface area contributed by atoms with Gasteiger partial charge >= 0.3 is 12.0 Å². The van der Waals surface area contributed by atoms with Gasteiger partial charge in [-0.3, -0.25) is 4.79 Å². The van der Waals surface area contributed by atoms with Gasteiger partial charge in [-0.05, 0) is 12.1 Å². The maximum Gasteiger partial charge on any atom is 0.323 e. The molecule has 7 nitrogen and oxygen atoms in total. The summed E-state index contributed by atoms with van der Waals surface area (Å²) < 4.78 is 23.4. The van der Waals surface area contributed by atoms with E-state index < -0.39 is 24.4 Å². The smallest absolute Gasteiger partial charge is 0.323 e. The monoisotopic (exact) mass is 300 g/mol. The van der Waals surface area contributed by atoms with Crippen molar-refractivity contribution in [3.63, 3.8) is 0 Å². The Morgan fingerprint density at radius 2 is 2.10 bits per heavy atom. The summed E-state index contributed by atoms with van der Waals surface area (Å²) in [6.07, 6.45) is 0. The number of aliphatic carboxylic acids is 1. The molecule has 1 aromatic carbocycles. The lowest BCUT2D eigenvalue weighted by atomic mass is 10.3. The summed E-state index contributed by atoms with van der Waals surface area (Å²) >= 11 is 0. The number of urea groups is 1. The Bertz CT molecular complexity index is 509. The molecule has 1 aromatic rings. The van der Waals surface area contributed by atoms with Crippen molar-refractivity contribution in [2.24, 2.45) is 0 Å². The Morgan fingerprint density at radius 3 is 2.67 bits per heavy atom. The summed E-state index contributed by atoms with van der Waals surface area (Å²) in [5.74, 6) is -1.45. The van der Waals surface area contributed by atoms with Gasteiger partial charge in [0, 0.05) is 19.7 Å². The molecule has 8 heteroatoms. The van der Waals surface area contributed by atoms with Crippen LogP contribution in [0.4, 0.5) is 14.9 Å². The fourth-order valence-electron chi connectivity index (χ4n) is 1.54. The number of carbonyl (C=O) groups excluding carboxylic acids is 1. The fourth-order valence-corrected chi connectivity index (χ4v) is 1.54. The van der Waals surface area contributed by atoms with Gasteiger partial charge in [0.1, 0.15) is 18.1 Å². The third-order valence-corrected chi connectivity index (χ3v) is 2.59. The van der Waals surface area contributed by atoms with E-state index in [1.807, 2.05) is 0 Å². The summed E-state index contributed by atoms with van der Waals surface area (Å²) in [7, 11) is 2.84. The van der Waals surface area contributed by atoms with E-state index in [4.69, 9.17) is 14.6 Å². The molecule has 1 rings (SSSR count). The van der Waals surface area contributed by atoms with Crippen LogP contribution in [-0.2, 0) is 9.53 Å². The highest BCUT2D eigenvalue weighted by atomic mass is 19.1. The van der Waals surface area contributed by atoms with Crippen LogP contribution in [0.2, 0.25) is 0 Å². The number of carboxylic acid groups (broad SMARTS) is 1. The fraction of sp³-hybridized carbons (Fsp3) is 0.385. The molecule has 0 aliphatic heterocycles. The minimum Gasteiger partial charge on any atom is -0.497 e. The highest BCUT2D eigenvalue weighted by molar-refractivity contribution is 5.91. The summed E-state index contributed by atoms with van der Waals surface area (Å²) in [4.78, 5) is 23.7. The molecule has 0 radical (unpaired) electrons. The number of nitrogens with zero attached hydrogens (tertiary/aromatic N) is 1. The van der Waals surface area contributed by atoms with Gasteiger partial charge < -0.3 is 24.8 Å². The Kier molecular flexibility index (Phi) is 6.41. The van der Waals surface area contributed by atoms with Crippen LogP contribution in [0, 0.1) is 5.82 Å². The van der Waals surface area contributed by atoms with Crippen LogP contribution in [0.15, 0.2) is 18.2 Å². The number of methoxy groups -OCH3 is 2. The second kappa shape index (κ2) is 8.05. The summed E-state index contributed by atoms with van der Waals surface area (Å²) in [6.45, 7) is -0.276. The number of hydrogen-bond donors (Lipinski definition) is 2. The lowest BCUT2D eigenvalue weighted by Gasteiger charge is -2.21. The molecule has 0 unspecified atom stereocenters. The van der Waals surface area contributed by atoms with E-state index in [2.05, 4.69) is 5.32 Å². The first kappa shape index (κ1) is 16.7. The number of hydrogen-bond acceptors (Lipinski definition) is 4. The Morgan fingerprint density at radius 1 is 1.38 bits per heavy atom. The van der Waals surface area contributed by atoms with Crippen LogP contribution < -0.4 is 10.1 Å². The Hall–Kier alpha value is -2.35. The van der Waals surface area contributed by atoms with Crippen molar-refractivity contribution >= 4 is 17.7 Å². The van der Waals surface area contributed by atoms with Gasteiger partial charge in [0.2, 0.25) is 0 Å². The van der Waals surface area contributed by atoms with E-state index in [0.29, 0.717) is 5.75 Å². The average Bonchev–Trinajstić information content (AvgIpc) is 2.45. The van der Waals surface area contributed by atoms with Crippen LogP contribution in [0.5, 0.6) is 5.75 Å². The van der Waals surface area contributed by atoms with Gasteiger partial charge in [0.15, 0.2) is 0 Å². The molecule has 0 saturated carbocycles. The first-order valence-corrected chi connectivity index (χ1v) is 6.08. The molecule has 0 spiro atoms. The van der Waals surface area contributed by atoms with Crippen molar-refractivity contribution in [3.8, 4) is 5.75 Å². The lowest BCUT2D eigenvalue weighted by molar-refractivity contribution is -0.137. The number of amides is 2. The zero-order valence-corrected chi connectivity index (χ0v) is 11.8. The molecule has 21 heavy (non-hydrogen) atoms. The zero-order chi connectivity index (χ0) is 15.8. The molecular weight excluding hydrogens is 283 g/mol. The van der Waals surface area contributed by atoms with Gasteiger partial charge in [-0.2, -0.15) is 0 Å². The molecule has 0 fully saturated rings. The van der Waals surface area contributed by atoms with E-state index in [-0.39, 0.29) is 18.8 Å². The topological polar surface area (TPSA) is 88.1 Å². The first-order valence-electron chi connectivity index (χ1n) is 6.08. The van der Waals surface area contributed by atoms with Crippen molar-refractivity contribution in [2.75, 3.05) is 39.2 Å². The highest BCUT2D eigenvalue weighted by Gasteiger charge is 2.18. The van der Waals surface area contributed by atoms with E-state index in [1.165, 1.54) is 26.4 Å². The molecule has 0 aliphatic carbocycles. The molecule has 2 N–H and O–H groups in total. The molecule has 0 aliphatic rings. The second-order valence-corrected chi connectivity index (χ2v) is 4.08. The maximum atomic E-state index is 13.6. The number of ether oxygens (including phenoxy) is 2. The minimum atomic E-state index is -1.17. The molecule has 2 amide bonds. The largest absolute Gasteiger partial charge is 0.497 e. The second-order valence-electron chi connectivity index (χ2n) is 4.08. The number of halogens is 1. The van der Waals surface area contributed by atoms with Gasteiger partial charge in [0.05, 0.1) is 19.4 Å². The standard InChI is InChI=1S/C13H17FN2O5/c1-20-6-5-16(8-12(17)18)13(19)15-11-7-9(21-2)3-4-10(11)14/h3-4,7H,5-6,8H2,1-2H3,(H,15,19)(H,17,18). The summed E-state index contributed by atoms with van der Waals surface area (Å²) in [5, 5.41) is 11.1. The van der Waals surface area contributed by atoms with Crippen molar-refractivity contribution in [1.82, 2.24) is 4.90 Å². The number of carbonyl (C=O) groups is 2. The van der Waals surface area contributed by atoms with Gasteiger partial charge in [-0.15, -0.1) is 0 Å². The van der Waals surface area contributed by atoms with Crippen molar-refractivity contribution in [3.05, 3.63) is 24.0 Å². The molecular formula is C13H17FN2O5. The predicted octanol–water partition coefficient (Wildman–Crippen LogP) is 1.40. The van der Waals surface area contributed by atoms with Crippen molar-refractivity contribution in [2.45, 2.75) is 0 Å². The normalized spacial score (nSPS) is 10.0. The first-order chi connectivity index (χ1) is 9.97. The minimum absolute atomic E-state index is 0.0697. The molecule has 0 aromatic heterocycles. The van der Waals surface area contributed by atoms with E-state index in [1.54, 1.807) is 0 Å². The quantitative estimate of drug-likeness (QED) is 0.794. The van der Waals surface area contributed by atoms with Gasteiger partial charge in [0.25, 0.3) is 0 Å². The van der Waals surface area contributed by atoms with Crippen LogP contribution in [0.1, 0.15) is 0 Å². The van der Waals surface area contributed by atoms with Crippen molar-refractivity contribution in [1.29, 1.82) is 0 Å². The molecule has 0 heterocycles. The summed E-state index contributed by atoms with van der Waals surface area (Å²) in [5.41, 5.74) is -0.0906. The summed E-state index contributed by atoms with van der Waals surface area (Å²) in [6, 6.07) is 3.13. The van der Waals surface area contributed by atoms with E-state index >= 15 is 0 Å². The van der Waals surface area contributed by atoms with Crippen molar-refractivity contribution < 1.29 is 28.6 Å². The van der Waals surface area contributed by atoms with E-state index in [0.717, 1.165) is 11.0 Å². The van der Waals surface area contributed by atoms with E-state index in [9.17, 15) is 14.0 Å². The number of nitrogens with one attached hydrogen (secondary N) is 1. The molecule has 116 valence electrons. The van der Waals surface area contributed by atoms with Crippen LogP contribution >= 0.6 is 0 Å². The molecule has 0 bridgehead atoms. The SMILES string of the molecule is COCCN(CC(=O)O)C(=O)Nc1cc(OC)ccc1F. The third-order valence-electron chi connectivity index (χ3n) is 2.59. The number of carboxylic acids is 1. The number of anilines is 1. The zero-order valence-electron chi connectivity index (χ0n) is 11.8. The average molecular weight is 300 g/mol. The number of benzene rings is 1. The van der Waals surface area contributed by atoms with Crippen LogP contribution in [0.25, 0.3) is 0 Å². The predicted molar refractivity (Wildman–Crippen MR) is 73.1 cm³/mol. The maximum absolute atomic E-state index is 13.6. The Labute approximate surface area is 121 Å². The third kappa shape index (κ3) is 5.27.